The number of halogens is 1. The van der Waals surface area contributed by atoms with Gasteiger partial charge < -0.3 is 4.74 Å². The van der Waals surface area contributed by atoms with Gasteiger partial charge in [-0.3, -0.25) is 4.72 Å². The second-order valence-electron chi connectivity index (χ2n) is 4.47. The zero-order chi connectivity index (χ0) is 17.3. The number of nitrogens with one attached hydrogen (secondary N) is 1. The Morgan fingerprint density at radius 1 is 1.04 bits per heavy atom. The zero-order valence-corrected chi connectivity index (χ0v) is 13.5. The van der Waals surface area contributed by atoms with Gasteiger partial charge >= 0.3 is 0 Å². The molecule has 0 aromatic heterocycles. The summed E-state index contributed by atoms with van der Waals surface area (Å²) in [5.74, 6) is -0.768. The minimum absolute atomic E-state index is 0.0277. The van der Waals surface area contributed by atoms with Crippen molar-refractivity contribution in [2.75, 3.05) is 11.8 Å². The van der Waals surface area contributed by atoms with Crippen LogP contribution in [0.25, 0.3) is 0 Å². The van der Waals surface area contributed by atoms with Crippen LogP contribution in [0.15, 0.2) is 52.3 Å². The molecule has 0 aliphatic heterocycles. The molecule has 0 fully saturated rings. The van der Waals surface area contributed by atoms with Crippen molar-refractivity contribution in [3.63, 3.8) is 0 Å². The van der Waals surface area contributed by atoms with Gasteiger partial charge in [0, 0.05) is 5.69 Å². The number of methoxy groups -OCH3 is 1. The van der Waals surface area contributed by atoms with Crippen LogP contribution < -0.4 is 14.6 Å². The second kappa shape index (κ2) is 6.14. The average Bonchev–Trinajstić information content (AvgIpc) is 2.46. The Kier molecular flexibility index (Phi) is 4.59. The number of hydrogen-bond acceptors (Lipinski definition) is 5. The lowest BCUT2D eigenvalue weighted by Gasteiger charge is -2.12. The van der Waals surface area contributed by atoms with Gasteiger partial charge in [0.2, 0.25) is 10.0 Å². The summed E-state index contributed by atoms with van der Waals surface area (Å²) in [6.07, 6.45) is 0. The third kappa shape index (κ3) is 3.97. The Hall–Kier alpha value is -2.17. The van der Waals surface area contributed by atoms with E-state index >= 15 is 0 Å². The maximum absolute atomic E-state index is 13.3. The molecule has 0 saturated heterocycles. The molecule has 0 radical (unpaired) electrons. The van der Waals surface area contributed by atoms with E-state index in [1.807, 2.05) is 0 Å². The molecule has 3 N–H and O–H groups in total. The van der Waals surface area contributed by atoms with Crippen molar-refractivity contribution in [2.45, 2.75) is 9.79 Å². The first-order valence-electron chi connectivity index (χ1n) is 6.13. The number of nitrogens with two attached hydrogens (primary N) is 1. The van der Waals surface area contributed by atoms with Crippen molar-refractivity contribution >= 4 is 25.7 Å². The third-order valence-corrected chi connectivity index (χ3v) is 5.18. The van der Waals surface area contributed by atoms with E-state index in [0.29, 0.717) is 0 Å². The zero-order valence-electron chi connectivity index (χ0n) is 11.9. The van der Waals surface area contributed by atoms with E-state index in [0.717, 1.165) is 24.3 Å². The number of sulfonamides is 2. The molecule has 2 rings (SSSR count). The van der Waals surface area contributed by atoms with Crippen LogP contribution in [0.3, 0.4) is 0 Å². The lowest BCUT2D eigenvalue weighted by molar-refractivity contribution is 0.401. The van der Waals surface area contributed by atoms with Crippen molar-refractivity contribution in [3.05, 3.63) is 48.3 Å². The highest BCUT2D eigenvalue weighted by Gasteiger charge is 2.21. The van der Waals surface area contributed by atoms with Gasteiger partial charge in [0.25, 0.3) is 10.0 Å². The summed E-state index contributed by atoms with van der Waals surface area (Å²) in [5.41, 5.74) is 0.0868. The maximum atomic E-state index is 13.3. The largest absolute Gasteiger partial charge is 0.495 e. The van der Waals surface area contributed by atoms with Crippen LogP contribution in [0.4, 0.5) is 10.1 Å². The van der Waals surface area contributed by atoms with E-state index in [4.69, 9.17) is 9.88 Å². The van der Waals surface area contributed by atoms with E-state index in [9.17, 15) is 21.2 Å². The van der Waals surface area contributed by atoms with Gasteiger partial charge in [0.1, 0.15) is 16.5 Å². The standard InChI is InChI=1S/C13H13FN2O5S2/c1-21-12-7-2-9(14)8-13(12)23(19,20)16-10-3-5-11(6-4-10)22(15,17)18/h2-8,16H,1H3,(H2,15,17,18). The normalized spacial score (nSPS) is 12.0. The molecular weight excluding hydrogens is 347 g/mol. The fraction of sp³-hybridized carbons (Fsp3) is 0.0769. The van der Waals surface area contributed by atoms with Crippen molar-refractivity contribution in [1.82, 2.24) is 0 Å². The first-order valence-corrected chi connectivity index (χ1v) is 9.15. The summed E-state index contributed by atoms with van der Waals surface area (Å²) in [4.78, 5) is -0.542. The van der Waals surface area contributed by atoms with Crippen LogP contribution >= 0.6 is 0 Å². The summed E-state index contributed by atoms with van der Waals surface area (Å²) in [5, 5.41) is 4.96. The fourth-order valence-corrected chi connectivity index (χ4v) is 3.54. The Balaban J connectivity index is 2.37. The smallest absolute Gasteiger partial charge is 0.265 e. The Morgan fingerprint density at radius 2 is 1.65 bits per heavy atom. The predicted molar refractivity (Wildman–Crippen MR) is 81.6 cm³/mol. The molecule has 7 nitrogen and oxygen atoms in total. The molecule has 2 aromatic carbocycles. The molecular formula is C13H13FN2O5S2. The van der Waals surface area contributed by atoms with E-state index in [1.165, 1.54) is 25.3 Å². The molecule has 0 aliphatic carbocycles. The molecule has 0 aliphatic rings. The van der Waals surface area contributed by atoms with Crippen molar-refractivity contribution < 1.29 is 26.0 Å². The van der Waals surface area contributed by atoms with Crippen LogP contribution in [0, 0.1) is 5.82 Å². The summed E-state index contributed by atoms with van der Waals surface area (Å²) in [7, 11) is -6.74. The number of benzene rings is 2. The van der Waals surface area contributed by atoms with Crippen LogP contribution in [-0.4, -0.2) is 23.9 Å². The summed E-state index contributed by atoms with van der Waals surface area (Å²) >= 11 is 0. The molecule has 0 heterocycles. The number of rotatable bonds is 5. The maximum Gasteiger partial charge on any atom is 0.265 e. The molecule has 10 heteroatoms. The van der Waals surface area contributed by atoms with E-state index in [1.54, 1.807) is 0 Å². The van der Waals surface area contributed by atoms with E-state index in [2.05, 4.69) is 4.72 Å². The number of primary sulfonamides is 1. The quantitative estimate of drug-likeness (QED) is 0.833. The summed E-state index contributed by atoms with van der Waals surface area (Å²) < 4.78 is 67.4. The third-order valence-electron chi connectivity index (χ3n) is 2.85. The first kappa shape index (κ1) is 17.2. The Morgan fingerprint density at radius 3 is 2.17 bits per heavy atom. The second-order valence-corrected chi connectivity index (χ2v) is 7.68. The van der Waals surface area contributed by atoms with E-state index in [-0.39, 0.29) is 21.2 Å². The van der Waals surface area contributed by atoms with Crippen LogP contribution in [0.2, 0.25) is 0 Å². The van der Waals surface area contributed by atoms with Crippen LogP contribution in [-0.2, 0) is 20.0 Å². The monoisotopic (exact) mass is 360 g/mol. The van der Waals surface area contributed by atoms with Crippen molar-refractivity contribution in [2.24, 2.45) is 5.14 Å². The molecule has 23 heavy (non-hydrogen) atoms. The van der Waals surface area contributed by atoms with Gasteiger partial charge in [0.05, 0.1) is 12.0 Å². The SMILES string of the molecule is COc1ccc(F)cc1S(=O)(=O)Nc1ccc(S(N)(=O)=O)cc1. The Bertz CT molecular complexity index is 925. The highest BCUT2D eigenvalue weighted by molar-refractivity contribution is 7.92. The van der Waals surface area contributed by atoms with Crippen LogP contribution in [0.5, 0.6) is 5.75 Å². The van der Waals surface area contributed by atoms with Gasteiger partial charge in [-0.25, -0.2) is 26.4 Å². The number of anilines is 1. The van der Waals surface area contributed by atoms with Gasteiger partial charge in [0.15, 0.2) is 0 Å². The predicted octanol–water partition coefficient (Wildman–Crippen LogP) is 1.28. The highest BCUT2D eigenvalue weighted by Crippen LogP contribution is 2.26. The molecule has 0 atom stereocenters. The average molecular weight is 360 g/mol. The minimum Gasteiger partial charge on any atom is -0.495 e. The lowest BCUT2D eigenvalue weighted by atomic mass is 10.3. The van der Waals surface area contributed by atoms with Gasteiger partial charge in [-0.15, -0.1) is 0 Å². The first-order chi connectivity index (χ1) is 10.6. The number of ether oxygens (including phenoxy) is 1. The van der Waals surface area contributed by atoms with Crippen molar-refractivity contribution in [1.29, 1.82) is 0 Å². The molecule has 0 unspecified atom stereocenters. The molecule has 0 spiro atoms. The van der Waals surface area contributed by atoms with Crippen molar-refractivity contribution in [3.8, 4) is 5.75 Å². The number of hydrogen-bond donors (Lipinski definition) is 2. The summed E-state index contributed by atoms with van der Waals surface area (Å²) in [6, 6.07) is 7.82. The van der Waals surface area contributed by atoms with E-state index < -0.39 is 25.9 Å². The molecule has 0 saturated carbocycles. The molecule has 0 amide bonds. The van der Waals surface area contributed by atoms with Gasteiger partial charge in [-0.2, -0.15) is 0 Å². The molecule has 0 bridgehead atoms. The minimum atomic E-state index is -4.12. The van der Waals surface area contributed by atoms with Gasteiger partial charge in [-0.05, 0) is 42.5 Å². The van der Waals surface area contributed by atoms with Gasteiger partial charge in [-0.1, -0.05) is 0 Å². The topological polar surface area (TPSA) is 116 Å². The van der Waals surface area contributed by atoms with Crippen LogP contribution in [0.1, 0.15) is 0 Å². The summed E-state index contributed by atoms with van der Waals surface area (Å²) in [6.45, 7) is 0. The highest BCUT2D eigenvalue weighted by atomic mass is 32.2. The fourth-order valence-electron chi connectivity index (χ4n) is 1.78. The molecule has 124 valence electrons. The molecule has 2 aromatic rings. The lowest BCUT2D eigenvalue weighted by Crippen LogP contribution is -2.15. The Labute approximate surface area is 133 Å².